The third-order valence-electron chi connectivity index (χ3n) is 6.13. The van der Waals surface area contributed by atoms with E-state index in [1.165, 1.54) is 43.5 Å². The Morgan fingerprint density at radius 3 is 1.81 bits per heavy atom. The molecule has 3 aromatic carbocycles. The summed E-state index contributed by atoms with van der Waals surface area (Å²) in [5.41, 5.74) is 0.409. The van der Waals surface area contributed by atoms with Crippen LogP contribution in [-0.2, 0) is 28.3 Å². The Labute approximate surface area is 235 Å². The Morgan fingerprint density at radius 2 is 1.31 bits per heavy atom. The summed E-state index contributed by atoms with van der Waals surface area (Å²) in [5.74, 6) is -1.14. The van der Waals surface area contributed by atoms with Crippen LogP contribution in [0.15, 0.2) is 91.1 Å². The number of ether oxygens (including phenoxy) is 2. The van der Waals surface area contributed by atoms with Crippen LogP contribution in [0, 0.1) is 0 Å². The Morgan fingerprint density at radius 1 is 0.762 bits per heavy atom. The maximum absolute atomic E-state index is 12.8. The normalized spacial score (nSPS) is 12.4. The van der Waals surface area contributed by atoms with E-state index in [0.29, 0.717) is 22.9 Å². The number of carbonyl (C=O) groups excluding carboxylic acids is 2. The zero-order chi connectivity index (χ0) is 30.5. The first-order valence-corrected chi connectivity index (χ1v) is 12.3. The molecule has 42 heavy (non-hydrogen) atoms. The average Bonchev–Trinajstić information content (AvgIpc) is 2.96. The highest BCUT2D eigenvalue weighted by atomic mass is 19.4. The second-order valence-electron chi connectivity index (χ2n) is 9.03. The predicted molar refractivity (Wildman–Crippen MR) is 140 cm³/mol. The number of carbonyl (C=O) groups is 2. The van der Waals surface area contributed by atoms with Crippen molar-refractivity contribution >= 4 is 11.9 Å². The second kappa shape index (κ2) is 12.3. The molecule has 0 radical (unpaired) electrons. The monoisotopic (exact) mass is 588 g/mol. The molecule has 0 fully saturated rings. The highest BCUT2D eigenvalue weighted by Gasteiger charge is 2.31. The number of alkyl halides is 6. The molecule has 1 unspecified atom stereocenters. The summed E-state index contributed by atoms with van der Waals surface area (Å²) in [5, 5.41) is 2.61. The number of nitrogens with one attached hydrogen (secondary N) is 1. The minimum absolute atomic E-state index is 0.0738. The van der Waals surface area contributed by atoms with Crippen LogP contribution in [0.3, 0.4) is 0 Å². The van der Waals surface area contributed by atoms with Gasteiger partial charge in [-0.1, -0.05) is 36.4 Å². The van der Waals surface area contributed by atoms with Gasteiger partial charge in [0.1, 0.15) is 11.8 Å². The fraction of sp³-hybridized carbons (Fsp3) is 0.167. The molecule has 0 aliphatic carbocycles. The lowest BCUT2D eigenvalue weighted by molar-refractivity contribution is -0.143. The molecular formula is C30H22F6N2O4. The molecule has 1 amide bonds. The maximum Gasteiger partial charge on any atom is 0.417 e. The Kier molecular flexibility index (Phi) is 8.84. The summed E-state index contributed by atoms with van der Waals surface area (Å²) < 4.78 is 86.8. The van der Waals surface area contributed by atoms with Crippen molar-refractivity contribution in [2.24, 2.45) is 0 Å². The number of halogens is 6. The Bertz CT molecular complexity index is 1520. The van der Waals surface area contributed by atoms with E-state index in [2.05, 4.69) is 10.3 Å². The molecule has 1 heterocycles. The lowest BCUT2D eigenvalue weighted by atomic mass is 9.99. The smallest absolute Gasteiger partial charge is 0.417 e. The number of aromatic nitrogens is 1. The number of hydrogen-bond acceptors (Lipinski definition) is 5. The largest absolute Gasteiger partial charge is 0.467 e. The van der Waals surface area contributed by atoms with Gasteiger partial charge in [0.05, 0.1) is 18.2 Å². The van der Waals surface area contributed by atoms with Gasteiger partial charge in [0, 0.05) is 24.2 Å². The van der Waals surface area contributed by atoms with Crippen molar-refractivity contribution in [3.63, 3.8) is 0 Å². The van der Waals surface area contributed by atoms with Gasteiger partial charge in [-0.05, 0) is 59.2 Å². The van der Waals surface area contributed by atoms with Gasteiger partial charge in [0.15, 0.2) is 0 Å². The van der Waals surface area contributed by atoms with Crippen molar-refractivity contribution in [2.75, 3.05) is 7.11 Å². The predicted octanol–water partition coefficient (Wildman–Crippen LogP) is 7.09. The Balaban J connectivity index is 1.39. The van der Waals surface area contributed by atoms with Gasteiger partial charge >= 0.3 is 18.3 Å². The van der Waals surface area contributed by atoms with Crippen LogP contribution in [0.1, 0.15) is 27.0 Å². The molecule has 1 aromatic heterocycles. The number of amides is 1. The number of benzene rings is 3. The minimum Gasteiger partial charge on any atom is -0.467 e. The van der Waals surface area contributed by atoms with Crippen molar-refractivity contribution in [1.29, 1.82) is 0 Å². The molecule has 0 saturated carbocycles. The molecule has 0 aliphatic heterocycles. The third kappa shape index (κ3) is 7.65. The lowest BCUT2D eigenvalue weighted by Gasteiger charge is -2.17. The minimum atomic E-state index is -4.53. The SMILES string of the molecule is COC(=O)C(Cc1ccc(-c2ccc(C(F)(F)F)cc2)cc1)NC(=O)c1ccc(Oc2ccc(C(F)(F)F)cn2)cc1. The van der Waals surface area contributed by atoms with Crippen LogP contribution in [0.2, 0.25) is 0 Å². The summed E-state index contributed by atoms with van der Waals surface area (Å²) in [6, 6.07) is 18.0. The topological polar surface area (TPSA) is 77.5 Å². The molecule has 12 heteroatoms. The van der Waals surface area contributed by atoms with E-state index >= 15 is 0 Å². The van der Waals surface area contributed by atoms with Gasteiger partial charge in [-0.3, -0.25) is 4.79 Å². The van der Waals surface area contributed by atoms with Gasteiger partial charge < -0.3 is 14.8 Å². The molecule has 0 saturated heterocycles. The van der Waals surface area contributed by atoms with Crippen LogP contribution in [0.25, 0.3) is 11.1 Å². The van der Waals surface area contributed by atoms with Crippen molar-refractivity contribution in [3.05, 3.63) is 113 Å². The van der Waals surface area contributed by atoms with Crippen LogP contribution < -0.4 is 10.1 Å². The summed E-state index contributed by atoms with van der Waals surface area (Å²) in [4.78, 5) is 28.9. The van der Waals surface area contributed by atoms with E-state index in [9.17, 15) is 35.9 Å². The van der Waals surface area contributed by atoms with Crippen LogP contribution in [0.5, 0.6) is 11.6 Å². The quantitative estimate of drug-likeness (QED) is 0.176. The maximum atomic E-state index is 12.8. The highest BCUT2D eigenvalue weighted by molar-refractivity contribution is 5.97. The number of nitrogens with zero attached hydrogens (tertiary/aromatic N) is 1. The van der Waals surface area contributed by atoms with E-state index in [0.717, 1.165) is 24.3 Å². The second-order valence-corrected chi connectivity index (χ2v) is 9.03. The molecule has 0 bridgehead atoms. The van der Waals surface area contributed by atoms with Crippen molar-refractivity contribution in [2.45, 2.75) is 24.8 Å². The van der Waals surface area contributed by atoms with Crippen LogP contribution in [-0.4, -0.2) is 30.0 Å². The number of esters is 1. The number of methoxy groups -OCH3 is 1. The summed E-state index contributed by atoms with van der Waals surface area (Å²) in [6.07, 6.45) is -8.24. The highest BCUT2D eigenvalue weighted by Crippen LogP contribution is 2.32. The van der Waals surface area contributed by atoms with Crippen LogP contribution >= 0.6 is 0 Å². The van der Waals surface area contributed by atoms with Gasteiger partial charge in [0.2, 0.25) is 5.88 Å². The average molecular weight is 589 g/mol. The Hall–Kier alpha value is -4.87. The lowest BCUT2D eigenvalue weighted by Crippen LogP contribution is -2.43. The van der Waals surface area contributed by atoms with Gasteiger partial charge in [-0.15, -0.1) is 0 Å². The summed E-state index contributed by atoms with van der Waals surface area (Å²) in [7, 11) is 1.18. The summed E-state index contributed by atoms with van der Waals surface area (Å²) in [6.45, 7) is 0. The number of rotatable bonds is 8. The molecule has 4 aromatic rings. The zero-order valence-electron chi connectivity index (χ0n) is 21.8. The van der Waals surface area contributed by atoms with E-state index in [-0.39, 0.29) is 23.6 Å². The fourth-order valence-electron chi connectivity index (χ4n) is 3.90. The van der Waals surface area contributed by atoms with Crippen molar-refractivity contribution < 1.29 is 45.4 Å². The molecule has 1 N–H and O–H groups in total. The van der Waals surface area contributed by atoms with E-state index in [1.807, 2.05) is 0 Å². The number of hydrogen-bond donors (Lipinski definition) is 1. The molecule has 0 aliphatic rings. The zero-order valence-corrected chi connectivity index (χ0v) is 21.8. The molecule has 218 valence electrons. The molecule has 6 nitrogen and oxygen atoms in total. The molecule has 4 rings (SSSR count). The first kappa shape index (κ1) is 30.1. The molecule has 1 atom stereocenters. The van der Waals surface area contributed by atoms with Crippen molar-refractivity contribution in [1.82, 2.24) is 10.3 Å². The van der Waals surface area contributed by atoms with E-state index in [1.54, 1.807) is 24.3 Å². The standard InChI is InChI=1S/C30H22F6N2O4/c1-41-28(40)25(16-18-2-4-19(5-3-18)20-6-10-22(11-7-20)29(31,32)33)38-27(39)21-8-13-24(14-9-21)42-26-15-12-23(17-37-26)30(34,35)36/h2-15,17,25H,16H2,1H3,(H,38,39). The number of pyridine rings is 1. The third-order valence-corrected chi connectivity index (χ3v) is 6.13. The van der Waals surface area contributed by atoms with Gasteiger partial charge in [-0.2, -0.15) is 26.3 Å². The fourth-order valence-corrected chi connectivity index (χ4v) is 3.90. The van der Waals surface area contributed by atoms with Gasteiger partial charge in [-0.25, -0.2) is 9.78 Å². The van der Waals surface area contributed by atoms with Crippen molar-refractivity contribution in [3.8, 4) is 22.8 Å². The first-order chi connectivity index (χ1) is 19.8. The molecule has 0 spiro atoms. The molecular weight excluding hydrogens is 566 g/mol. The van der Waals surface area contributed by atoms with Crippen LogP contribution in [0.4, 0.5) is 26.3 Å². The van der Waals surface area contributed by atoms with E-state index in [4.69, 9.17) is 9.47 Å². The summed E-state index contributed by atoms with van der Waals surface area (Å²) >= 11 is 0. The van der Waals surface area contributed by atoms with Gasteiger partial charge in [0.25, 0.3) is 5.91 Å². The first-order valence-electron chi connectivity index (χ1n) is 12.3. The van der Waals surface area contributed by atoms with E-state index < -0.39 is 41.4 Å².